The van der Waals surface area contributed by atoms with Crippen molar-refractivity contribution in [2.24, 2.45) is 0 Å². The summed E-state index contributed by atoms with van der Waals surface area (Å²) in [5.41, 5.74) is 4.36. The Hall–Kier alpha value is -2.95. The van der Waals surface area contributed by atoms with Gasteiger partial charge in [-0.25, -0.2) is 0 Å². The van der Waals surface area contributed by atoms with Crippen LogP contribution in [0.15, 0.2) is 84.9 Å². The van der Waals surface area contributed by atoms with E-state index in [0.29, 0.717) is 5.56 Å². The van der Waals surface area contributed by atoms with E-state index >= 15 is 0 Å². The smallest absolute Gasteiger partial charge is 0.251 e. The molecule has 0 unspecified atom stereocenters. The van der Waals surface area contributed by atoms with E-state index in [1.807, 2.05) is 12.1 Å². The van der Waals surface area contributed by atoms with E-state index in [9.17, 15) is 4.79 Å². The van der Waals surface area contributed by atoms with Gasteiger partial charge in [0.05, 0.1) is 6.10 Å². The number of rotatable bonds is 8. The van der Waals surface area contributed by atoms with Crippen molar-refractivity contribution in [1.29, 1.82) is 0 Å². The molecule has 4 rings (SSSR count). The minimum absolute atomic E-state index is 0.0420. The minimum atomic E-state index is -0.0426. The molecule has 1 heterocycles. The van der Waals surface area contributed by atoms with Gasteiger partial charge in [0.15, 0.2) is 0 Å². The average molecular weight is 429 g/mol. The Kier molecular flexibility index (Phi) is 7.70. The van der Waals surface area contributed by atoms with Gasteiger partial charge in [0.1, 0.15) is 6.10 Å². The van der Waals surface area contributed by atoms with Gasteiger partial charge in [-0.2, -0.15) is 0 Å². The van der Waals surface area contributed by atoms with Crippen LogP contribution in [0.3, 0.4) is 0 Å². The molecule has 0 aromatic heterocycles. The lowest BCUT2D eigenvalue weighted by Crippen LogP contribution is -2.41. The summed E-state index contributed by atoms with van der Waals surface area (Å²) in [6.45, 7) is 3.06. The fourth-order valence-corrected chi connectivity index (χ4v) is 4.38. The second-order valence-corrected chi connectivity index (χ2v) is 8.43. The molecule has 0 radical (unpaired) electrons. The highest BCUT2D eigenvalue weighted by Crippen LogP contribution is 2.29. The zero-order valence-corrected chi connectivity index (χ0v) is 18.7. The van der Waals surface area contributed by atoms with Crippen LogP contribution in [0, 0.1) is 0 Å². The largest absolute Gasteiger partial charge is 0.364 e. The molecular weight excluding hydrogens is 396 g/mol. The summed E-state index contributed by atoms with van der Waals surface area (Å²) in [5, 5.41) is 2.67. The van der Waals surface area contributed by atoms with Crippen molar-refractivity contribution < 1.29 is 9.53 Å². The molecular formula is C28H32N2O2. The van der Waals surface area contributed by atoms with E-state index in [1.54, 1.807) is 7.05 Å². The second-order valence-electron chi connectivity index (χ2n) is 8.43. The van der Waals surface area contributed by atoms with Crippen molar-refractivity contribution in [3.8, 4) is 0 Å². The van der Waals surface area contributed by atoms with Crippen LogP contribution in [0.4, 0.5) is 0 Å². The Morgan fingerprint density at radius 3 is 2.19 bits per heavy atom. The molecule has 4 heteroatoms. The third-order valence-electron chi connectivity index (χ3n) is 6.16. The van der Waals surface area contributed by atoms with Crippen molar-refractivity contribution in [2.45, 2.75) is 31.5 Å². The first-order valence-electron chi connectivity index (χ1n) is 11.5. The molecule has 0 saturated carbocycles. The Morgan fingerprint density at radius 2 is 1.59 bits per heavy atom. The fourth-order valence-electron chi connectivity index (χ4n) is 4.38. The van der Waals surface area contributed by atoms with Crippen LogP contribution in [0.2, 0.25) is 0 Å². The topological polar surface area (TPSA) is 41.6 Å². The number of nitrogens with one attached hydrogen (secondary N) is 1. The third kappa shape index (κ3) is 5.84. The number of benzene rings is 3. The summed E-state index contributed by atoms with van der Waals surface area (Å²) < 4.78 is 6.71. The predicted molar refractivity (Wildman–Crippen MR) is 129 cm³/mol. The molecule has 1 atom stereocenters. The van der Waals surface area contributed by atoms with Gasteiger partial charge in [0.2, 0.25) is 0 Å². The number of amides is 1. The summed E-state index contributed by atoms with van der Waals surface area (Å²) in [6, 6.07) is 29.0. The van der Waals surface area contributed by atoms with E-state index in [2.05, 4.69) is 83.0 Å². The van der Waals surface area contributed by atoms with E-state index in [0.717, 1.165) is 38.9 Å². The SMILES string of the molecule is CNC(=O)c1ccc(CCN2CCC[C@@H](OC(c3ccccc3)c3ccccc3)C2)cc1. The molecule has 1 fully saturated rings. The summed E-state index contributed by atoms with van der Waals surface area (Å²) in [6.07, 6.45) is 3.38. The van der Waals surface area contributed by atoms with Gasteiger partial charge in [-0.05, 0) is 54.6 Å². The van der Waals surface area contributed by atoms with Crippen molar-refractivity contribution in [3.63, 3.8) is 0 Å². The fraction of sp³-hybridized carbons (Fsp3) is 0.321. The van der Waals surface area contributed by atoms with Gasteiger partial charge in [-0.1, -0.05) is 72.8 Å². The number of nitrogens with zero attached hydrogens (tertiary/aromatic N) is 1. The number of hydrogen-bond donors (Lipinski definition) is 1. The van der Waals surface area contributed by atoms with Crippen molar-refractivity contribution in [2.75, 3.05) is 26.7 Å². The quantitative estimate of drug-likeness (QED) is 0.557. The highest BCUT2D eigenvalue weighted by molar-refractivity contribution is 5.93. The molecule has 1 amide bonds. The molecule has 1 N–H and O–H groups in total. The monoisotopic (exact) mass is 428 g/mol. The van der Waals surface area contributed by atoms with Crippen molar-refractivity contribution >= 4 is 5.91 Å². The number of ether oxygens (including phenoxy) is 1. The molecule has 3 aromatic carbocycles. The van der Waals surface area contributed by atoms with Gasteiger partial charge >= 0.3 is 0 Å². The van der Waals surface area contributed by atoms with Crippen LogP contribution in [0.1, 0.15) is 46.0 Å². The molecule has 1 aliphatic rings. The number of carbonyl (C=O) groups excluding carboxylic acids is 1. The molecule has 0 bridgehead atoms. The van der Waals surface area contributed by atoms with Crippen molar-refractivity contribution in [3.05, 3.63) is 107 Å². The molecule has 4 nitrogen and oxygen atoms in total. The van der Waals surface area contributed by atoms with E-state index in [1.165, 1.54) is 16.7 Å². The lowest BCUT2D eigenvalue weighted by Gasteiger charge is -2.35. The van der Waals surface area contributed by atoms with Crippen LogP contribution in [-0.2, 0) is 11.2 Å². The maximum Gasteiger partial charge on any atom is 0.251 e. The summed E-state index contributed by atoms with van der Waals surface area (Å²) in [5.74, 6) is -0.0426. The first-order valence-corrected chi connectivity index (χ1v) is 11.5. The maximum absolute atomic E-state index is 11.7. The van der Waals surface area contributed by atoms with E-state index in [-0.39, 0.29) is 18.1 Å². The van der Waals surface area contributed by atoms with Crippen LogP contribution >= 0.6 is 0 Å². The molecule has 0 aliphatic carbocycles. The Morgan fingerprint density at radius 1 is 0.969 bits per heavy atom. The van der Waals surface area contributed by atoms with E-state index < -0.39 is 0 Å². The number of carbonyl (C=O) groups is 1. The Bertz CT molecular complexity index is 934. The molecule has 32 heavy (non-hydrogen) atoms. The first kappa shape index (κ1) is 22.3. The van der Waals surface area contributed by atoms with Gasteiger partial charge in [0.25, 0.3) is 5.91 Å². The van der Waals surface area contributed by atoms with Crippen LogP contribution < -0.4 is 5.32 Å². The number of piperidine rings is 1. The van der Waals surface area contributed by atoms with Gasteiger partial charge < -0.3 is 15.0 Å². The number of hydrogen-bond acceptors (Lipinski definition) is 3. The van der Waals surface area contributed by atoms with Gasteiger partial charge in [-0.15, -0.1) is 0 Å². The first-order chi connectivity index (χ1) is 15.7. The Balaban J connectivity index is 1.37. The number of likely N-dealkylation sites (tertiary alicyclic amines) is 1. The van der Waals surface area contributed by atoms with Crippen LogP contribution in [-0.4, -0.2) is 43.6 Å². The lowest BCUT2D eigenvalue weighted by atomic mass is 10.00. The van der Waals surface area contributed by atoms with Gasteiger partial charge in [0, 0.05) is 25.7 Å². The van der Waals surface area contributed by atoms with E-state index in [4.69, 9.17) is 4.74 Å². The molecule has 3 aromatic rings. The lowest BCUT2D eigenvalue weighted by molar-refractivity contribution is -0.0330. The molecule has 166 valence electrons. The minimum Gasteiger partial charge on any atom is -0.364 e. The highest BCUT2D eigenvalue weighted by atomic mass is 16.5. The maximum atomic E-state index is 11.7. The second kappa shape index (κ2) is 11.1. The third-order valence-corrected chi connectivity index (χ3v) is 6.16. The zero-order chi connectivity index (χ0) is 22.2. The van der Waals surface area contributed by atoms with Crippen LogP contribution in [0.25, 0.3) is 0 Å². The predicted octanol–water partition coefficient (Wildman–Crippen LogP) is 4.86. The van der Waals surface area contributed by atoms with Crippen molar-refractivity contribution in [1.82, 2.24) is 10.2 Å². The Labute approximate surface area is 191 Å². The molecule has 0 spiro atoms. The highest BCUT2D eigenvalue weighted by Gasteiger charge is 2.25. The molecule has 1 aliphatic heterocycles. The normalized spacial score (nSPS) is 16.8. The zero-order valence-electron chi connectivity index (χ0n) is 18.7. The standard InChI is InChI=1S/C28H32N2O2/c1-29-28(31)25-16-14-22(15-17-25)18-20-30-19-8-13-26(21-30)32-27(23-9-4-2-5-10-23)24-11-6-3-7-12-24/h2-7,9-12,14-17,26-27H,8,13,18-21H2,1H3,(H,29,31)/t26-/m1/s1. The summed E-state index contributed by atoms with van der Waals surface area (Å²) >= 11 is 0. The van der Waals surface area contributed by atoms with Gasteiger partial charge in [-0.3, -0.25) is 4.79 Å². The molecule has 1 saturated heterocycles. The summed E-state index contributed by atoms with van der Waals surface area (Å²) in [7, 11) is 1.66. The summed E-state index contributed by atoms with van der Waals surface area (Å²) in [4.78, 5) is 14.2. The van der Waals surface area contributed by atoms with Crippen LogP contribution in [0.5, 0.6) is 0 Å². The average Bonchev–Trinajstić information content (AvgIpc) is 2.87.